The Morgan fingerprint density at radius 1 is 1.33 bits per heavy atom. The highest BCUT2D eigenvalue weighted by molar-refractivity contribution is 5.78. The third-order valence-electron chi connectivity index (χ3n) is 3.11. The van der Waals surface area contributed by atoms with E-state index in [1.54, 1.807) is 6.92 Å². The highest BCUT2D eigenvalue weighted by atomic mass is 16.1. The number of allylic oxidation sites excluding steroid dienone is 1. The molecule has 1 nitrogen and oxygen atoms in total. The normalized spacial score (nSPS) is 25.1. The highest BCUT2D eigenvalue weighted by Gasteiger charge is 2.23. The molecule has 0 aromatic rings. The molecule has 1 aliphatic rings. The van der Waals surface area contributed by atoms with E-state index in [9.17, 15) is 4.79 Å². The maximum Gasteiger partial charge on any atom is 0.133 e. The first-order valence-corrected chi connectivity index (χ1v) is 6.28. The molecular formula is C14H28O. The molecule has 1 rings (SSSR count). The Balaban J connectivity index is 0. The third kappa shape index (κ3) is 5.15. The second-order valence-corrected chi connectivity index (χ2v) is 4.41. The summed E-state index contributed by atoms with van der Waals surface area (Å²) >= 11 is 0. The van der Waals surface area contributed by atoms with Gasteiger partial charge in [-0.3, -0.25) is 4.79 Å². The van der Waals surface area contributed by atoms with Gasteiger partial charge in [-0.25, -0.2) is 0 Å². The summed E-state index contributed by atoms with van der Waals surface area (Å²) in [7, 11) is 0. The van der Waals surface area contributed by atoms with E-state index >= 15 is 0 Å². The minimum atomic E-state index is 0. The molecule has 0 N–H and O–H groups in total. The number of Topliss-reactive ketones (excluding diaryl/α,β-unsaturated/α-hetero) is 1. The van der Waals surface area contributed by atoms with E-state index in [0.29, 0.717) is 12.3 Å². The lowest BCUT2D eigenvalue weighted by Crippen LogP contribution is -2.19. The zero-order valence-electron chi connectivity index (χ0n) is 10.8. The van der Waals surface area contributed by atoms with Crippen molar-refractivity contribution in [2.45, 2.75) is 59.8 Å². The number of hydrogen-bond acceptors (Lipinski definition) is 1. The Hall–Kier alpha value is -0.590. The van der Waals surface area contributed by atoms with Crippen LogP contribution in [0.2, 0.25) is 0 Å². The maximum atomic E-state index is 10.9. The van der Waals surface area contributed by atoms with E-state index in [4.69, 9.17) is 0 Å². The van der Waals surface area contributed by atoms with Gasteiger partial charge in [0.05, 0.1) is 0 Å². The molecule has 2 atom stereocenters. The standard InChI is InChI=1S/C12H20O.C2H6.H2/c1-9-6-4-5-7-12(9)10(2)8-11(3)13;1-2;/h9,12H,2,4-8H2,1,3H3;1-2H3;1H. The first kappa shape index (κ1) is 14.4. The van der Waals surface area contributed by atoms with Crippen molar-refractivity contribution in [1.29, 1.82) is 0 Å². The van der Waals surface area contributed by atoms with E-state index in [1.807, 2.05) is 13.8 Å². The quantitative estimate of drug-likeness (QED) is 0.624. The number of carbonyl (C=O) groups is 1. The molecule has 1 fully saturated rings. The summed E-state index contributed by atoms with van der Waals surface area (Å²) < 4.78 is 0. The number of carbonyl (C=O) groups excluding carboxylic acids is 1. The first-order chi connectivity index (χ1) is 7.11. The molecular weight excluding hydrogens is 184 g/mol. The average Bonchev–Trinajstić information content (AvgIpc) is 2.20. The predicted octanol–water partition coefficient (Wildman–Crippen LogP) is 4.62. The van der Waals surface area contributed by atoms with E-state index < -0.39 is 0 Å². The molecule has 0 radical (unpaired) electrons. The average molecular weight is 212 g/mol. The number of hydrogen-bond donors (Lipinski definition) is 0. The molecule has 0 spiro atoms. The first-order valence-electron chi connectivity index (χ1n) is 6.28. The minimum Gasteiger partial charge on any atom is -0.300 e. The van der Waals surface area contributed by atoms with Crippen LogP contribution in [0, 0.1) is 11.8 Å². The van der Waals surface area contributed by atoms with Crippen molar-refractivity contribution in [2.75, 3.05) is 0 Å². The van der Waals surface area contributed by atoms with Crippen molar-refractivity contribution >= 4 is 5.78 Å². The number of rotatable bonds is 3. The zero-order chi connectivity index (χ0) is 11.8. The summed E-state index contributed by atoms with van der Waals surface area (Å²) in [5, 5.41) is 0. The molecule has 0 aromatic heterocycles. The maximum absolute atomic E-state index is 10.9. The summed E-state index contributed by atoms with van der Waals surface area (Å²) in [4.78, 5) is 10.9. The van der Waals surface area contributed by atoms with Crippen LogP contribution in [0.3, 0.4) is 0 Å². The van der Waals surface area contributed by atoms with Crippen LogP contribution in [0.25, 0.3) is 0 Å². The Kier molecular flexibility index (Phi) is 7.37. The Bertz CT molecular complexity index is 211. The van der Waals surface area contributed by atoms with Gasteiger partial charge in [0.2, 0.25) is 0 Å². The lowest BCUT2D eigenvalue weighted by Gasteiger charge is -2.30. The van der Waals surface area contributed by atoms with Gasteiger partial charge in [0.15, 0.2) is 0 Å². The fraction of sp³-hybridized carbons (Fsp3) is 0.786. The van der Waals surface area contributed by atoms with Crippen molar-refractivity contribution in [2.24, 2.45) is 11.8 Å². The SMILES string of the molecule is C=C(CC(C)=O)C1CCCCC1C.CC.[HH]. The molecule has 90 valence electrons. The summed E-state index contributed by atoms with van der Waals surface area (Å²) in [5.41, 5.74) is 1.17. The van der Waals surface area contributed by atoms with Crippen molar-refractivity contribution in [3.8, 4) is 0 Å². The Morgan fingerprint density at radius 2 is 1.87 bits per heavy atom. The van der Waals surface area contributed by atoms with E-state index in [0.717, 1.165) is 5.92 Å². The van der Waals surface area contributed by atoms with Crippen LogP contribution in [0.4, 0.5) is 0 Å². The zero-order valence-corrected chi connectivity index (χ0v) is 10.8. The van der Waals surface area contributed by atoms with Crippen LogP contribution in [-0.2, 0) is 4.79 Å². The Morgan fingerprint density at radius 3 is 2.33 bits per heavy atom. The van der Waals surface area contributed by atoms with Gasteiger partial charge >= 0.3 is 0 Å². The van der Waals surface area contributed by atoms with Crippen LogP contribution in [0.1, 0.15) is 61.2 Å². The van der Waals surface area contributed by atoms with Gasteiger partial charge in [-0.2, -0.15) is 0 Å². The smallest absolute Gasteiger partial charge is 0.133 e. The third-order valence-corrected chi connectivity index (χ3v) is 3.11. The summed E-state index contributed by atoms with van der Waals surface area (Å²) in [5.74, 6) is 1.60. The molecule has 15 heavy (non-hydrogen) atoms. The van der Waals surface area contributed by atoms with E-state index in [-0.39, 0.29) is 7.21 Å². The molecule has 1 saturated carbocycles. The van der Waals surface area contributed by atoms with Crippen LogP contribution in [0.5, 0.6) is 0 Å². The molecule has 0 aromatic carbocycles. The lowest BCUT2D eigenvalue weighted by molar-refractivity contribution is -0.116. The van der Waals surface area contributed by atoms with Gasteiger partial charge < -0.3 is 0 Å². The van der Waals surface area contributed by atoms with Crippen molar-refractivity contribution in [3.05, 3.63) is 12.2 Å². The second-order valence-electron chi connectivity index (χ2n) is 4.41. The van der Waals surface area contributed by atoms with Crippen molar-refractivity contribution in [3.63, 3.8) is 0 Å². The Labute approximate surface area is 96.4 Å². The van der Waals surface area contributed by atoms with Gasteiger partial charge in [-0.1, -0.05) is 52.2 Å². The summed E-state index contributed by atoms with van der Waals surface area (Å²) in [6.45, 7) is 12.0. The molecule has 0 aliphatic heterocycles. The van der Waals surface area contributed by atoms with E-state index in [1.165, 1.54) is 31.3 Å². The molecule has 1 heteroatoms. The fourth-order valence-electron chi connectivity index (χ4n) is 2.37. The summed E-state index contributed by atoms with van der Waals surface area (Å²) in [6, 6.07) is 0. The van der Waals surface area contributed by atoms with Crippen LogP contribution < -0.4 is 0 Å². The minimum absolute atomic E-state index is 0. The molecule has 0 amide bonds. The van der Waals surface area contributed by atoms with Crippen LogP contribution in [0.15, 0.2) is 12.2 Å². The van der Waals surface area contributed by atoms with Gasteiger partial charge in [0.25, 0.3) is 0 Å². The molecule has 1 aliphatic carbocycles. The van der Waals surface area contributed by atoms with Gasteiger partial charge in [0.1, 0.15) is 5.78 Å². The lowest BCUT2D eigenvalue weighted by atomic mass is 9.75. The van der Waals surface area contributed by atoms with Crippen molar-refractivity contribution < 1.29 is 6.22 Å². The molecule has 0 bridgehead atoms. The number of ketones is 1. The molecule has 0 heterocycles. The van der Waals surface area contributed by atoms with Gasteiger partial charge in [-0.15, -0.1) is 0 Å². The van der Waals surface area contributed by atoms with Gasteiger partial charge in [-0.05, 0) is 25.2 Å². The molecule has 0 saturated heterocycles. The van der Waals surface area contributed by atoms with Crippen LogP contribution >= 0.6 is 0 Å². The van der Waals surface area contributed by atoms with Crippen molar-refractivity contribution in [1.82, 2.24) is 0 Å². The largest absolute Gasteiger partial charge is 0.300 e. The second kappa shape index (κ2) is 7.67. The summed E-state index contributed by atoms with van der Waals surface area (Å²) in [6.07, 6.45) is 5.81. The van der Waals surface area contributed by atoms with Crippen LogP contribution in [-0.4, -0.2) is 5.78 Å². The highest BCUT2D eigenvalue weighted by Crippen LogP contribution is 2.35. The van der Waals surface area contributed by atoms with E-state index in [2.05, 4.69) is 13.5 Å². The predicted molar refractivity (Wildman–Crippen MR) is 69.0 cm³/mol. The topological polar surface area (TPSA) is 17.1 Å². The van der Waals surface area contributed by atoms with Gasteiger partial charge in [0, 0.05) is 7.85 Å². The monoisotopic (exact) mass is 212 g/mol. The molecule has 2 unspecified atom stereocenters. The fourth-order valence-corrected chi connectivity index (χ4v) is 2.37.